The summed E-state index contributed by atoms with van der Waals surface area (Å²) in [5, 5.41) is 11.5. The van der Waals surface area contributed by atoms with E-state index in [0.717, 1.165) is 6.42 Å². The van der Waals surface area contributed by atoms with Crippen molar-refractivity contribution in [1.82, 2.24) is 9.97 Å². The summed E-state index contributed by atoms with van der Waals surface area (Å²) in [5.41, 5.74) is 6.18. The van der Waals surface area contributed by atoms with Gasteiger partial charge in [-0.1, -0.05) is 12.1 Å². The minimum Gasteiger partial charge on any atom is -0.457 e. The molecule has 0 fully saturated rings. The molecule has 0 aliphatic carbocycles. The van der Waals surface area contributed by atoms with E-state index in [9.17, 15) is 0 Å². The number of aryl methyl sites for hydroxylation is 1. The van der Waals surface area contributed by atoms with Crippen molar-refractivity contribution in [2.24, 2.45) is 10.9 Å². The second-order valence-corrected chi connectivity index (χ2v) is 4.38. The Morgan fingerprint density at radius 1 is 1.53 bits per heavy atom. The van der Waals surface area contributed by atoms with Crippen LogP contribution in [-0.2, 0) is 0 Å². The molecule has 0 saturated heterocycles. The molecule has 0 radical (unpaired) electrons. The maximum atomic E-state index is 8.61. The zero-order chi connectivity index (χ0) is 13.1. The molecule has 0 saturated carbocycles. The van der Waals surface area contributed by atoms with E-state index >= 15 is 0 Å². The molecular weight excluding hydrogens is 220 g/mol. The maximum Gasteiger partial charge on any atom is 0.317 e. The number of oxime groups is 1. The second kappa shape index (κ2) is 4.99. The number of amidine groups is 1. The van der Waals surface area contributed by atoms with Crippen molar-refractivity contribution in [2.45, 2.75) is 39.7 Å². The lowest BCUT2D eigenvalue weighted by atomic mass is 10.1. The van der Waals surface area contributed by atoms with E-state index in [1.165, 1.54) is 0 Å². The second-order valence-electron chi connectivity index (χ2n) is 4.38. The highest BCUT2D eigenvalue weighted by Gasteiger charge is 2.19. The van der Waals surface area contributed by atoms with Crippen LogP contribution in [0.2, 0.25) is 0 Å². The molecule has 0 aliphatic rings. The van der Waals surface area contributed by atoms with Gasteiger partial charge in [0.1, 0.15) is 11.3 Å². The van der Waals surface area contributed by atoms with Gasteiger partial charge in [-0.25, -0.2) is 4.98 Å². The highest BCUT2D eigenvalue weighted by molar-refractivity contribution is 5.95. The van der Waals surface area contributed by atoms with Crippen LogP contribution in [-0.4, -0.2) is 26.6 Å². The van der Waals surface area contributed by atoms with Gasteiger partial charge in [0.15, 0.2) is 5.84 Å². The van der Waals surface area contributed by atoms with Crippen molar-refractivity contribution in [3.8, 4) is 6.01 Å². The predicted molar refractivity (Wildman–Crippen MR) is 64.3 cm³/mol. The van der Waals surface area contributed by atoms with Gasteiger partial charge in [-0.3, -0.25) is 0 Å². The Balaban J connectivity index is 3.06. The number of hydrogen-bond acceptors (Lipinski definition) is 5. The standard InChI is InChI=1S/C11H18N4O2/c1-5-11(3,4)17-10-13-7(2)6-8(14-10)9(12)15-16/h6,16H,5H2,1-4H3,(H2,12,15). The van der Waals surface area contributed by atoms with Gasteiger partial charge in [0.05, 0.1) is 0 Å². The third-order valence-electron chi connectivity index (χ3n) is 2.42. The zero-order valence-corrected chi connectivity index (χ0v) is 10.6. The average molecular weight is 238 g/mol. The van der Waals surface area contributed by atoms with Gasteiger partial charge in [0, 0.05) is 5.69 Å². The van der Waals surface area contributed by atoms with Gasteiger partial charge >= 0.3 is 6.01 Å². The molecule has 0 bridgehead atoms. The Hall–Kier alpha value is -1.85. The molecule has 0 atom stereocenters. The number of ether oxygens (including phenoxy) is 1. The fraction of sp³-hybridized carbons (Fsp3) is 0.545. The minimum atomic E-state index is -0.351. The predicted octanol–water partition coefficient (Wildman–Crippen LogP) is 1.45. The molecule has 0 aromatic carbocycles. The summed E-state index contributed by atoms with van der Waals surface area (Å²) in [7, 11) is 0. The highest BCUT2D eigenvalue weighted by atomic mass is 16.5. The molecule has 6 heteroatoms. The van der Waals surface area contributed by atoms with E-state index in [-0.39, 0.29) is 17.4 Å². The Labute approximate surface area is 101 Å². The lowest BCUT2D eigenvalue weighted by molar-refractivity contribution is 0.0921. The molecule has 0 aliphatic heterocycles. The summed E-state index contributed by atoms with van der Waals surface area (Å²) < 4.78 is 5.65. The number of rotatable bonds is 4. The molecule has 94 valence electrons. The summed E-state index contributed by atoms with van der Waals surface area (Å²) in [6.45, 7) is 7.70. The Morgan fingerprint density at radius 3 is 2.71 bits per heavy atom. The minimum absolute atomic E-state index is 0.0605. The summed E-state index contributed by atoms with van der Waals surface area (Å²) in [6.07, 6.45) is 0.823. The summed E-state index contributed by atoms with van der Waals surface area (Å²) in [6, 6.07) is 1.86. The monoisotopic (exact) mass is 238 g/mol. The van der Waals surface area contributed by atoms with Crippen LogP contribution in [0.1, 0.15) is 38.6 Å². The van der Waals surface area contributed by atoms with Gasteiger partial charge in [-0.2, -0.15) is 4.98 Å². The lowest BCUT2D eigenvalue weighted by Gasteiger charge is -2.23. The van der Waals surface area contributed by atoms with Gasteiger partial charge in [-0.15, -0.1) is 0 Å². The topological polar surface area (TPSA) is 93.6 Å². The third-order valence-corrected chi connectivity index (χ3v) is 2.42. The summed E-state index contributed by atoms with van der Waals surface area (Å²) in [5.74, 6) is -0.0605. The van der Waals surface area contributed by atoms with E-state index in [1.54, 1.807) is 13.0 Å². The zero-order valence-electron chi connectivity index (χ0n) is 10.6. The first kappa shape index (κ1) is 13.2. The van der Waals surface area contributed by atoms with Crippen LogP contribution in [0.4, 0.5) is 0 Å². The number of nitrogens with zero attached hydrogens (tertiary/aromatic N) is 3. The van der Waals surface area contributed by atoms with E-state index in [2.05, 4.69) is 15.1 Å². The van der Waals surface area contributed by atoms with Crippen LogP contribution in [0.25, 0.3) is 0 Å². The molecule has 0 amide bonds. The summed E-state index contributed by atoms with van der Waals surface area (Å²) >= 11 is 0. The first-order valence-electron chi connectivity index (χ1n) is 5.40. The van der Waals surface area contributed by atoms with Crippen LogP contribution in [0.15, 0.2) is 11.2 Å². The lowest BCUT2D eigenvalue weighted by Crippen LogP contribution is -2.28. The van der Waals surface area contributed by atoms with Crippen molar-refractivity contribution >= 4 is 5.84 Å². The first-order chi connectivity index (χ1) is 7.88. The average Bonchev–Trinajstić information content (AvgIpc) is 2.26. The normalized spacial score (nSPS) is 12.6. The maximum absolute atomic E-state index is 8.61. The van der Waals surface area contributed by atoms with Gasteiger partial charge in [0.2, 0.25) is 0 Å². The third kappa shape index (κ3) is 3.58. The van der Waals surface area contributed by atoms with E-state index in [0.29, 0.717) is 11.4 Å². The van der Waals surface area contributed by atoms with E-state index < -0.39 is 0 Å². The van der Waals surface area contributed by atoms with Crippen LogP contribution < -0.4 is 10.5 Å². The summed E-state index contributed by atoms with van der Waals surface area (Å²) in [4.78, 5) is 8.25. The van der Waals surface area contributed by atoms with Crippen LogP contribution >= 0.6 is 0 Å². The van der Waals surface area contributed by atoms with E-state index in [4.69, 9.17) is 15.7 Å². The molecular formula is C11H18N4O2. The number of hydrogen-bond donors (Lipinski definition) is 2. The molecule has 0 spiro atoms. The van der Waals surface area contributed by atoms with Crippen molar-refractivity contribution in [2.75, 3.05) is 0 Å². The van der Waals surface area contributed by atoms with Crippen LogP contribution in [0.3, 0.4) is 0 Å². The van der Waals surface area contributed by atoms with Gasteiger partial charge in [0.25, 0.3) is 0 Å². The smallest absolute Gasteiger partial charge is 0.317 e. The number of nitrogens with two attached hydrogens (primary N) is 1. The fourth-order valence-corrected chi connectivity index (χ4v) is 1.09. The Morgan fingerprint density at radius 2 is 2.18 bits per heavy atom. The molecule has 17 heavy (non-hydrogen) atoms. The highest BCUT2D eigenvalue weighted by Crippen LogP contribution is 2.17. The first-order valence-corrected chi connectivity index (χ1v) is 5.40. The molecule has 1 rings (SSSR count). The Kier molecular flexibility index (Phi) is 3.88. The molecule has 1 aromatic rings. The Bertz CT molecular complexity index is 429. The van der Waals surface area contributed by atoms with Crippen molar-refractivity contribution < 1.29 is 9.94 Å². The van der Waals surface area contributed by atoms with Crippen molar-refractivity contribution in [3.63, 3.8) is 0 Å². The quantitative estimate of drug-likeness (QED) is 0.358. The molecule has 0 unspecified atom stereocenters. The molecule has 6 nitrogen and oxygen atoms in total. The molecule has 1 aromatic heterocycles. The van der Waals surface area contributed by atoms with Gasteiger partial charge < -0.3 is 15.7 Å². The number of aromatic nitrogens is 2. The largest absolute Gasteiger partial charge is 0.457 e. The van der Waals surface area contributed by atoms with Gasteiger partial charge in [-0.05, 0) is 33.3 Å². The van der Waals surface area contributed by atoms with Crippen molar-refractivity contribution in [3.05, 3.63) is 17.5 Å². The van der Waals surface area contributed by atoms with Crippen LogP contribution in [0.5, 0.6) is 6.01 Å². The molecule has 1 heterocycles. The van der Waals surface area contributed by atoms with Crippen molar-refractivity contribution in [1.29, 1.82) is 0 Å². The van der Waals surface area contributed by atoms with Crippen LogP contribution in [0, 0.1) is 6.92 Å². The molecule has 3 N–H and O–H groups in total. The SMILES string of the molecule is CCC(C)(C)Oc1nc(C)cc(/C(N)=N/O)n1. The fourth-order valence-electron chi connectivity index (χ4n) is 1.09. The van der Waals surface area contributed by atoms with E-state index in [1.807, 2.05) is 20.8 Å².